The maximum atomic E-state index is 12.4. The van der Waals surface area contributed by atoms with Crippen LogP contribution in [0.15, 0.2) is 52.8 Å². The predicted octanol–water partition coefficient (Wildman–Crippen LogP) is 5.40. The van der Waals surface area contributed by atoms with Crippen molar-refractivity contribution in [1.29, 1.82) is 0 Å². The molecule has 0 radical (unpaired) electrons. The molecule has 6 nitrogen and oxygen atoms in total. The van der Waals surface area contributed by atoms with E-state index in [1.807, 2.05) is 32.0 Å². The van der Waals surface area contributed by atoms with Crippen LogP contribution in [0.3, 0.4) is 0 Å². The van der Waals surface area contributed by atoms with Crippen LogP contribution in [0.4, 0.5) is 5.69 Å². The van der Waals surface area contributed by atoms with E-state index in [9.17, 15) is 4.79 Å². The van der Waals surface area contributed by atoms with E-state index in [-0.39, 0.29) is 5.91 Å². The van der Waals surface area contributed by atoms with Crippen LogP contribution in [0.1, 0.15) is 30.7 Å². The van der Waals surface area contributed by atoms with E-state index in [0.717, 1.165) is 33.9 Å². The zero-order chi connectivity index (χ0) is 21.7. The van der Waals surface area contributed by atoms with Crippen molar-refractivity contribution in [2.75, 3.05) is 5.32 Å². The first-order chi connectivity index (χ1) is 14.3. The molecule has 0 saturated heterocycles. The number of hydrogen-bond acceptors (Lipinski definition) is 5. The summed E-state index contributed by atoms with van der Waals surface area (Å²) in [5.74, 6) is 0.205. The molecule has 3 aromatic rings. The lowest BCUT2D eigenvalue weighted by Gasteiger charge is -2.08. The Morgan fingerprint density at radius 1 is 1.27 bits per heavy atom. The summed E-state index contributed by atoms with van der Waals surface area (Å²) >= 11 is 7.91. The number of aromatic nitrogens is 4. The Balaban J connectivity index is 1.67. The zero-order valence-electron chi connectivity index (χ0n) is 17.4. The van der Waals surface area contributed by atoms with Crippen molar-refractivity contribution in [2.24, 2.45) is 5.92 Å². The minimum Gasteiger partial charge on any atom is -0.322 e. The van der Waals surface area contributed by atoms with Gasteiger partial charge in [0.15, 0.2) is 5.16 Å². The van der Waals surface area contributed by atoms with E-state index in [0.29, 0.717) is 16.2 Å². The third-order valence-corrected chi connectivity index (χ3v) is 5.54. The second kappa shape index (κ2) is 9.91. The van der Waals surface area contributed by atoms with Gasteiger partial charge in [0.05, 0.1) is 5.69 Å². The van der Waals surface area contributed by atoms with Crippen molar-refractivity contribution in [3.8, 4) is 0 Å². The first-order valence-electron chi connectivity index (χ1n) is 9.61. The van der Waals surface area contributed by atoms with Gasteiger partial charge in [-0.1, -0.05) is 25.4 Å². The fraction of sp³-hybridized carbons (Fsp3) is 0.273. The number of aryl methyl sites for hydroxylation is 2. The van der Waals surface area contributed by atoms with Gasteiger partial charge in [-0.3, -0.25) is 9.48 Å². The monoisotopic (exact) mass is 441 g/mol. The lowest BCUT2D eigenvalue weighted by Crippen LogP contribution is -2.09. The van der Waals surface area contributed by atoms with Gasteiger partial charge in [-0.05, 0) is 67.4 Å². The Labute approximate surface area is 185 Å². The van der Waals surface area contributed by atoms with E-state index in [2.05, 4.69) is 34.2 Å². The predicted molar refractivity (Wildman–Crippen MR) is 122 cm³/mol. The second-order valence-electron chi connectivity index (χ2n) is 7.30. The molecule has 0 saturated carbocycles. The molecule has 0 aliphatic carbocycles. The molecular formula is C22H24ClN5OS. The van der Waals surface area contributed by atoms with Crippen LogP contribution in [0.2, 0.25) is 5.15 Å². The number of halogens is 1. The quantitative estimate of drug-likeness (QED) is 0.392. The largest absolute Gasteiger partial charge is 0.322 e. The van der Waals surface area contributed by atoms with Gasteiger partial charge in [-0.25, -0.2) is 9.97 Å². The van der Waals surface area contributed by atoms with E-state index in [1.165, 1.54) is 17.8 Å². The van der Waals surface area contributed by atoms with Crippen LogP contribution in [0, 0.1) is 19.8 Å². The third-order valence-electron chi connectivity index (χ3n) is 4.26. The number of hydrogen-bond donors (Lipinski definition) is 1. The van der Waals surface area contributed by atoms with Gasteiger partial charge in [-0.2, -0.15) is 5.10 Å². The highest BCUT2D eigenvalue weighted by Crippen LogP contribution is 2.28. The Bertz CT molecular complexity index is 1060. The van der Waals surface area contributed by atoms with Gasteiger partial charge in [0.2, 0.25) is 5.91 Å². The average molecular weight is 442 g/mol. The molecule has 1 N–H and O–H groups in total. The van der Waals surface area contributed by atoms with Crippen molar-refractivity contribution in [1.82, 2.24) is 19.7 Å². The molecule has 0 unspecified atom stereocenters. The number of nitrogens with one attached hydrogen (secondary N) is 1. The molecule has 0 fully saturated rings. The molecule has 0 aliphatic heterocycles. The highest BCUT2D eigenvalue weighted by molar-refractivity contribution is 7.99. The molecule has 1 aromatic carbocycles. The van der Waals surface area contributed by atoms with Crippen LogP contribution in [0.25, 0.3) is 6.08 Å². The second-order valence-corrected chi connectivity index (χ2v) is 8.70. The molecule has 3 rings (SSSR count). The summed E-state index contributed by atoms with van der Waals surface area (Å²) in [7, 11) is 0. The molecular weight excluding hydrogens is 418 g/mol. The van der Waals surface area contributed by atoms with Crippen LogP contribution >= 0.6 is 23.4 Å². The third kappa shape index (κ3) is 5.70. The number of anilines is 1. The van der Waals surface area contributed by atoms with E-state index in [1.54, 1.807) is 29.2 Å². The lowest BCUT2D eigenvalue weighted by atomic mass is 10.2. The van der Waals surface area contributed by atoms with Crippen molar-refractivity contribution < 1.29 is 4.79 Å². The number of nitrogens with zero attached hydrogens (tertiary/aromatic N) is 4. The van der Waals surface area contributed by atoms with Crippen molar-refractivity contribution in [2.45, 2.75) is 44.3 Å². The van der Waals surface area contributed by atoms with Crippen LogP contribution in [-0.2, 0) is 11.3 Å². The van der Waals surface area contributed by atoms with Gasteiger partial charge >= 0.3 is 0 Å². The van der Waals surface area contributed by atoms with Gasteiger partial charge in [0.1, 0.15) is 5.15 Å². The van der Waals surface area contributed by atoms with Gasteiger partial charge < -0.3 is 5.32 Å². The summed E-state index contributed by atoms with van der Waals surface area (Å²) in [5.41, 5.74) is 3.27. The summed E-state index contributed by atoms with van der Waals surface area (Å²) in [6.45, 7) is 8.78. The molecule has 0 atom stereocenters. The SMILES string of the molecule is Cc1cc(Sc2ncccn2)ccc1NC(=O)/C=C/c1c(C)nn(CC(C)C)c1Cl. The summed E-state index contributed by atoms with van der Waals surface area (Å²) in [6.07, 6.45) is 6.62. The Morgan fingerprint density at radius 3 is 2.67 bits per heavy atom. The molecule has 0 aliphatic rings. The number of benzene rings is 1. The van der Waals surface area contributed by atoms with E-state index in [4.69, 9.17) is 11.6 Å². The molecule has 2 aromatic heterocycles. The number of rotatable bonds is 7. The minimum absolute atomic E-state index is 0.225. The van der Waals surface area contributed by atoms with Crippen molar-refractivity contribution in [3.63, 3.8) is 0 Å². The van der Waals surface area contributed by atoms with Crippen molar-refractivity contribution >= 4 is 41.0 Å². The number of amides is 1. The number of carbonyl (C=O) groups excluding carboxylic acids is 1. The van der Waals surface area contributed by atoms with Crippen LogP contribution in [0.5, 0.6) is 0 Å². The van der Waals surface area contributed by atoms with Gasteiger partial charge in [-0.15, -0.1) is 0 Å². The smallest absolute Gasteiger partial charge is 0.248 e. The minimum atomic E-state index is -0.225. The average Bonchev–Trinajstić information content (AvgIpc) is 2.95. The molecule has 0 spiro atoms. The highest BCUT2D eigenvalue weighted by atomic mass is 35.5. The standard InChI is InChI=1S/C22H24ClN5OS/c1-14(2)13-28-21(23)18(16(4)27-28)7-9-20(29)26-19-8-6-17(12-15(19)3)30-22-24-10-5-11-25-22/h5-12,14H,13H2,1-4H3,(H,26,29)/b9-7+. The van der Waals surface area contributed by atoms with Crippen molar-refractivity contribution in [3.05, 3.63) is 64.7 Å². The summed E-state index contributed by atoms with van der Waals surface area (Å²) in [5, 5.41) is 8.60. The zero-order valence-corrected chi connectivity index (χ0v) is 19.0. The molecule has 2 heterocycles. The molecule has 8 heteroatoms. The van der Waals surface area contributed by atoms with Gasteiger partial charge in [0.25, 0.3) is 0 Å². The number of carbonyl (C=O) groups is 1. The maximum absolute atomic E-state index is 12.4. The Kier molecular flexibility index (Phi) is 7.29. The molecule has 156 valence electrons. The first kappa shape index (κ1) is 22.1. The molecule has 1 amide bonds. The summed E-state index contributed by atoms with van der Waals surface area (Å²) < 4.78 is 1.77. The molecule has 30 heavy (non-hydrogen) atoms. The maximum Gasteiger partial charge on any atom is 0.248 e. The summed E-state index contributed by atoms with van der Waals surface area (Å²) in [6, 6.07) is 7.60. The van der Waals surface area contributed by atoms with Gasteiger partial charge in [0, 0.05) is 41.2 Å². The normalized spacial score (nSPS) is 11.4. The topological polar surface area (TPSA) is 72.7 Å². The fourth-order valence-electron chi connectivity index (χ4n) is 2.84. The first-order valence-corrected chi connectivity index (χ1v) is 10.8. The highest BCUT2D eigenvalue weighted by Gasteiger charge is 2.12. The summed E-state index contributed by atoms with van der Waals surface area (Å²) in [4.78, 5) is 21.9. The van der Waals surface area contributed by atoms with E-state index < -0.39 is 0 Å². The van der Waals surface area contributed by atoms with Crippen LogP contribution in [-0.4, -0.2) is 25.7 Å². The Hall–Kier alpha value is -2.64. The lowest BCUT2D eigenvalue weighted by molar-refractivity contribution is -0.111. The Morgan fingerprint density at radius 2 is 2.00 bits per heavy atom. The fourth-order valence-corrected chi connectivity index (χ4v) is 3.96. The van der Waals surface area contributed by atoms with Crippen LogP contribution < -0.4 is 5.32 Å². The van der Waals surface area contributed by atoms with E-state index >= 15 is 0 Å². The molecule has 0 bridgehead atoms.